The topological polar surface area (TPSA) is 74.7 Å². The molecule has 2 rings (SSSR count). The average molecular weight is 307 g/mol. The van der Waals surface area contributed by atoms with E-state index in [-0.39, 0.29) is 6.61 Å². The van der Waals surface area contributed by atoms with Crippen LogP contribution in [0.25, 0.3) is 0 Å². The Kier molecular flexibility index (Phi) is 5.24. The molecule has 1 atom stereocenters. The molecule has 6 nitrogen and oxygen atoms in total. The summed E-state index contributed by atoms with van der Waals surface area (Å²) in [6.45, 7) is 7.49. The van der Waals surface area contributed by atoms with Crippen LogP contribution in [0.1, 0.15) is 33.6 Å². The van der Waals surface area contributed by atoms with Gasteiger partial charge in [0, 0.05) is 19.7 Å². The van der Waals surface area contributed by atoms with Crippen LogP contribution in [-0.2, 0) is 4.74 Å². The standard InChI is InChI=1S/C16H25N3O3/c1-16(2,3)22-15(21)18-14-7-6-13(9-17-14)19-8-4-5-12(10-19)11-20/h6-7,9,12,20H,4-5,8,10-11H2,1-3H3,(H,17,18,21). The maximum Gasteiger partial charge on any atom is 0.413 e. The van der Waals surface area contributed by atoms with Gasteiger partial charge in [0.1, 0.15) is 11.4 Å². The molecule has 0 aromatic carbocycles. The number of ether oxygens (including phenoxy) is 1. The lowest BCUT2D eigenvalue weighted by atomic mass is 9.99. The highest BCUT2D eigenvalue weighted by atomic mass is 16.6. The second-order valence-corrected chi connectivity index (χ2v) is 6.67. The quantitative estimate of drug-likeness (QED) is 0.898. The molecular weight excluding hydrogens is 282 g/mol. The Morgan fingerprint density at radius 2 is 2.27 bits per heavy atom. The zero-order valence-electron chi connectivity index (χ0n) is 13.5. The number of nitrogens with zero attached hydrogens (tertiary/aromatic N) is 2. The third-order valence-corrected chi connectivity index (χ3v) is 3.52. The maximum atomic E-state index is 11.7. The van der Waals surface area contributed by atoms with Gasteiger partial charge in [-0.2, -0.15) is 0 Å². The highest BCUT2D eigenvalue weighted by Gasteiger charge is 2.20. The number of amides is 1. The van der Waals surface area contributed by atoms with Crippen molar-refractivity contribution in [2.45, 2.75) is 39.2 Å². The SMILES string of the molecule is CC(C)(C)OC(=O)Nc1ccc(N2CCCC(CO)C2)cn1. The summed E-state index contributed by atoms with van der Waals surface area (Å²) < 4.78 is 5.19. The van der Waals surface area contributed by atoms with Crippen LogP contribution in [0.4, 0.5) is 16.3 Å². The fourth-order valence-electron chi connectivity index (χ4n) is 2.50. The van der Waals surface area contributed by atoms with Crippen LogP contribution in [0.5, 0.6) is 0 Å². The smallest absolute Gasteiger partial charge is 0.413 e. The Balaban J connectivity index is 1.94. The van der Waals surface area contributed by atoms with Crippen molar-refractivity contribution in [3.8, 4) is 0 Å². The number of rotatable bonds is 3. The minimum Gasteiger partial charge on any atom is -0.444 e. The first-order chi connectivity index (χ1) is 10.4. The molecule has 22 heavy (non-hydrogen) atoms. The van der Waals surface area contributed by atoms with Crippen molar-refractivity contribution in [1.82, 2.24) is 4.98 Å². The summed E-state index contributed by atoms with van der Waals surface area (Å²) >= 11 is 0. The van der Waals surface area contributed by atoms with E-state index in [1.807, 2.05) is 26.8 Å². The van der Waals surface area contributed by atoms with Crippen molar-refractivity contribution in [3.63, 3.8) is 0 Å². The second-order valence-electron chi connectivity index (χ2n) is 6.67. The lowest BCUT2D eigenvalue weighted by molar-refractivity contribution is 0.0635. The van der Waals surface area contributed by atoms with E-state index >= 15 is 0 Å². The number of aromatic nitrogens is 1. The molecule has 1 amide bonds. The molecule has 122 valence electrons. The first-order valence-corrected chi connectivity index (χ1v) is 7.69. The summed E-state index contributed by atoms with van der Waals surface area (Å²) in [4.78, 5) is 18.2. The molecule has 0 aliphatic carbocycles. The predicted octanol–water partition coefficient (Wildman–Crippen LogP) is 2.64. The fraction of sp³-hybridized carbons (Fsp3) is 0.625. The van der Waals surface area contributed by atoms with E-state index in [2.05, 4.69) is 15.2 Å². The fourth-order valence-corrected chi connectivity index (χ4v) is 2.50. The summed E-state index contributed by atoms with van der Waals surface area (Å²) in [6.07, 6.45) is 3.37. The van der Waals surface area contributed by atoms with Gasteiger partial charge in [0.15, 0.2) is 0 Å². The third kappa shape index (κ3) is 4.87. The van der Waals surface area contributed by atoms with Crippen molar-refractivity contribution in [1.29, 1.82) is 0 Å². The number of hydrogen-bond donors (Lipinski definition) is 2. The molecule has 1 unspecified atom stereocenters. The molecule has 0 bridgehead atoms. The lowest BCUT2D eigenvalue weighted by Crippen LogP contribution is -2.36. The van der Waals surface area contributed by atoms with E-state index < -0.39 is 11.7 Å². The zero-order valence-corrected chi connectivity index (χ0v) is 13.5. The number of piperidine rings is 1. The van der Waals surface area contributed by atoms with Crippen LogP contribution in [0.2, 0.25) is 0 Å². The molecule has 1 aromatic heterocycles. The Hall–Kier alpha value is -1.82. The Bertz CT molecular complexity index is 496. The van der Waals surface area contributed by atoms with Crippen molar-refractivity contribution >= 4 is 17.6 Å². The Labute approximate surface area is 131 Å². The minimum atomic E-state index is -0.531. The summed E-state index contributed by atoms with van der Waals surface area (Å²) in [6, 6.07) is 3.70. The predicted molar refractivity (Wildman–Crippen MR) is 86.1 cm³/mol. The number of carbonyl (C=O) groups excluding carboxylic acids is 1. The van der Waals surface area contributed by atoms with Gasteiger partial charge in [-0.05, 0) is 51.7 Å². The van der Waals surface area contributed by atoms with Gasteiger partial charge in [-0.1, -0.05) is 0 Å². The normalized spacial score (nSPS) is 18.9. The molecule has 0 spiro atoms. The summed E-state index contributed by atoms with van der Waals surface area (Å²) in [5, 5.41) is 11.9. The van der Waals surface area contributed by atoms with Gasteiger partial charge in [-0.25, -0.2) is 9.78 Å². The number of carbonyl (C=O) groups is 1. The average Bonchev–Trinajstić information content (AvgIpc) is 2.46. The molecule has 1 saturated heterocycles. The van der Waals surface area contributed by atoms with Gasteiger partial charge in [0.25, 0.3) is 0 Å². The van der Waals surface area contributed by atoms with Crippen molar-refractivity contribution in [3.05, 3.63) is 18.3 Å². The molecule has 1 fully saturated rings. The monoisotopic (exact) mass is 307 g/mol. The highest BCUT2D eigenvalue weighted by Crippen LogP contribution is 2.23. The molecule has 2 N–H and O–H groups in total. The molecule has 1 aromatic rings. The first kappa shape index (κ1) is 16.5. The van der Waals surface area contributed by atoms with E-state index in [1.54, 1.807) is 12.3 Å². The zero-order chi connectivity index (χ0) is 16.2. The van der Waals surface area contributed by atoms with Crippen molar-refractivity contribution in [2.75, 3.05) is 29.9 Å². The molecule has 2 heterocycles. The number of pyridine rings is 1. The number of hydrogen-bond acceptors (Lipinski definition) is 5. The van der Waals surface area contributed by atoms with Gasteiger partial charge in [0.05, 0.1) is 11.9 Å². The van der Waals surface area contributed by atoms with E-state index in [4.69, 9.17) is 4.74 Å². The van der Waals surface area contributed by atoms with Crippen LogP contribution in [0, 0.1) is 5.92 Å². The van der Waals surface area contributed by atoms with Crippen LogP contribution in [-0.4, -0.2) is 41.5 Å². The summed E-state index contributed by atoms with van der Waals surface area (Å²) in [5.41, 5.74) is 0.477. The van der Waals surface area contributed by atoms with Crippen LogP contribution in [0.3, 0.4) is 0 Å². The van der Waals surface area contributed by atoms with Gasteiger partial charge < -0.3 is 14.7 Å². The van der Waals surface area contributed by atoms with Crippen LogP contribution in [0.15, 0.2) is 18.3 Å². The molecule has 0 radical (unpaired) electrons. The third-order valence-electron chi connectivity index (χ3n) is 3.52. The molecule has 6 heteroatoms. The number of anilines is 2. The van der Waals surface area contributed by atoms with E-state index in [9.17, 15) is 9.90 Å². The van der Waals surface area contributed by atoms with E-state index in [0.29, 0.717) is 11.7 Å². The Morgan fingerprint density at radius 3 is 2.86 bits per heavy atom. The minimum absolute atomic E-state index is 0.224. The molecular formula is C16H25N3O3. The number of aliphatic hydroxyl groups excluding tert-OH is 1. The van der Waals surface area contributed by atoms with Crippen LogP contribution >= 0.6 is 0 Å². The van der Waals surface area contributed by atoms with Crippen molar-refractivity contribution < 1.29 is 14.6 Å². The van der Waals surface area contributed by atoms with Gasteiger partial charge in [0.2, 0.25) is 0 Å². The highest BCUT2D eigenvalue weighted by molar-refractivity contribution is 5.83. The lowest BCUT2D eigenvalue weighted by Gasteiger charge is -2.33. The van der Waals surface area contributed by atoms with Gasteiger partial charge in [-0.3, -0.25) is 5.32 Å². The van der Waals surface area contributed by atoms with E-state index in [1.165, 1.54) is 0 Å². The largest absolute Gasteiger partial charge is 0.444 e. The van der Waals surface area contributed by atoms with Gasteiger partial charge in [-0.15, -0.1) is 0 Å². The second kappa shape index (κ2) is 6.96. The maximum absolute atomic E-state index is 11.7. The number of aliphatic hydroxyl groups is 1. The Morgan fingerprint density at radius 1 is 1.50 bits per heavy atom. The molecule has 1 aliphatic heterocycles. The number of nitrogens with one attached hydrogen (secondary N) is 1. The molecule has 0 saturated carbocycles. The summed E-state index contributed by atoms with van der Waals surface area (Å²) in [7, 11) is 0. The van der Waals surface area contributed by atoms with Gasteiger partial charge >= 0.3 is 6.09 Å². The van der Waals surface area contributed by atoms with E-state index in [0.717, 1.165) is 31.6 Å². The first-order valence-electron chi connectivity index (χ1n) is 7.69. The van der Waals surface area contributed by atoms with Crippen molar-refractivity contribution in [2.24, 2.45) is 5.92 Å². The van der Waals surface area contributed by atoms with Crippen LogP contribution < -0.4 is 10.2 Å². The molecule has 1 aliphatic rings. The summed E-state index contributed by atoms with van der Waals surface area (Å²) in [5.74, 6) is 0.794.